The van der Waals surface area contributed by atoms with Crippen molar-refractivity contribution in [1.82, 2.24) is 0 Å². The molecule has 0 bridgehead atoms. The summed E-state index contributed by atoms with van der Waals surface area (Å²) in [6, 6.07) is 0. The molecule has 1 unspecified atom stereocenters. The van der Waals surface area contributed by atoms with E-state index in [0.29, 0.717) is 0 Å². The van der Waals surface area contributed by atoms with Gasteiger partial charge in [0, 0.05) is 6.54 Å². The van der Waals surface area contributed by atoms with Crippen molar-refractivity contribution >= 4 is 7.82 Å². The molecule has 0 aromatic heterocycles. The summed E-state index contributed by atoms with van der Waals surface area (Å²) in [5.74, 6) is 0. The first kappa shape index (κ1) is 50.1. The molecule has 0 aromatic rings. The van der Waals surface area contributed by atoms with Crippen LogP contribution < -0.4 is 5.73 Å². The molecular weight excluding hydrogens is 681 g/mol. The summed E-state index contributed by atoms with van der Waals surface area (Å²) in [6.45, 7) is 4.41. The van der Waals surface area contributed by atoms with Crippen molar-refractivity contribution < 1.29 is 28.0 Å². The van der Waals surface area contributed by atoms with E-state index in [0.717, 1.165) is 12.8 Å². The predicted molar refractivity (Wildman–Crippen MR) is 227 cm³/mol. The number of ether oxygens (including phenoxy) is 2. The summed E-state index contributed by atoms with van der Waals surface area (Å²) in [5, 5.41) is 0. The lowest BCUT2D eigenvalue weighted by Gasteiger charge is -2.18. The number of nitrogens with two attached hydrogens (primary N) is 1. The summed E-state index contributed by atoms with van der Waals surface area (Å²) in [7, 11) is -4.24. The quantitative estimate of drug-likeness (QED) is 0.0282. The van der Waals surface area contributed by atoms with Crippen LogP contribution in [0, 0.1) is 0 Å². The SMILES string of the molecule is CCCCCCCCCCC=CC=CC=CC=CC=COC[C@H](COP(=O)(O)OCCN)OC=CC=CC=CC=CC=CCCCCCCCCCC. The molecule has 0 aromatic carbocycles. The highest BCUT2D eigenvalue weighted by molar-refractivity contribution is 7.47. The standard InChI is InChI=1S/C45H74NO6P/c1-3-5-7-9-11-13-15-17-19-21-23-25-27-29-31-33-35-37-40-49-43-45(44-52-53(47,48)51-42-39-46)50-41-38-36-34-32-30-28-26-24-22-20-18-16-14-12-10-8-6-4-2/h21-38,40-41,45H,3-20,39,42-44,46H2,1-2H3,(H,47,48)/t45-/m1/s1. The minimum Gasteiger partial charge on any atom is -0.497 e. The molecule has 3 N–H and O–H groups in total. The molecule has 0 radical (unpaired) electrons. The number of hydrogen-bond donors (Lipinski definition) is 2. The fourth-order valence-electron chi connectivity index (χ4n) is 4.89. The smallest absolute Gasteiger partial charge is 0.472 e. The Morgan fingerprint density at radius 2 is 0.906 bits per heavy atom. The van der Waals surface area contributed by atoms with E-state index in [-0.39, 0.29) is 26.4 Å². The number of rotatable bonds is 37. The van der Waals surface area contributed by atoms with Gasteiger partial charge in [-0.25, -0.2) is 4.57 Å². The predicted octanol–water partition coefficient (Wildman–Crippen LogP) is 13.0. The van der Waals surface area contributed by atoms with Crippen LogP contribution in [-0.2, 0) is 23.1 Å². The molecule has 0 spiro atoms. The minimum atomic E-state index is -4.24. The van der Waals surface area contributed by atoms with E-state index in [1.54, 1.807) is 12.2 Å². The Bertz CT molecular complexity index is 1150. The molecule has 7 nitrogen and oxygen atoms in total. The molecule has 0 aliphatic carbocycles. The van der Waals surface area contributed by atoms with Gasteiger partial charge in [0.1, 0.15) is 6.61 Å². The molecule has 0 rings (SSSR count). The number of hydrogen-bond acceptors (Lipinski definition) is 6. The summed E-state index contributed by atoms with van der Waals surface area (Å²) in [6.07, 6.45) is 61.6. The fraction of sp³-hybridized carbons (Fsp3) is 0.556. The summed E-state index contributed by atoms with van der Waals surface area (Å²) < 4.78 is 33.2. The topological polar surface area (TPSA) is 100 Å². The Labute approximate surface area is 324 Å². The van der Waals surface area contributed by atoms with Crippen LogP contribution in [0.2, 0.25) is 0 Å². The Balaban J connectivity index is 4.44. The Morgan fingerprint density at radius 3 is 1.36 bits per heavy atom. The normalized spacial score (nSPS) is 14.9. The molecule has 0 saturated heterocycles. The van der Waals surface area contributed by atoms with Gasteiger partial charge in [0.15, 0.2) is 6.10 Å². The summed E-state index contributed by atoms with van der Waals surface area (Å²) >= 11 is 0. The van der Waals surface area contributed by atoms with E-state index < -0.39 is 13.9 Å². The zero-order valence-electron chi connectivity index (χ0n) is 33.2. The maximum atomic E-state index is 12.1. The fourth-order valence-corrected chi connectivity index (χ4v) is 5.65. The van der Waals surface area contributed by atoms with Crippen molar-refractivity contribution in [2.45, 2.75) is 136 Å². The van der Waals surface area contributed by atoms with Crippen LogP contribution >= 0.6 is 7.82 Å². The molecule has 0 heterocycles. The second kappa shape index (κ2) is 41.8. The van der Waals surface area contributed by atoms with Gasteiger partial charge in [0.05, 0.1) is 25.7 Å². The summed E-state index contributed by atoms with van der Waals surface area (Å²) in [4.78, 5) is 9.84. The lowest BCUT2D eigenvalue weighted by molar-refractivity contribution is 0.0210. The monoisotopic (exact) mass is 756 g/mol. The van der Waals surface area contributed by atoms with Gasteiger partial charge in [0.25, 0.3) is 0 Å². The van der Waals surface area contributed by atoms with E-state index in [2.05, 4.69) is 38.2 Å². The van der Waals surface area contributed by atoms with E-state index in [9.17, 15) is 9.46 Å². The molecule has 2 atom stereocenters. The average molecular weight is 756 g/mol. The van der Waals surface area contributed by atoms with Crippen molar-refractivity contribution in [3.63, 3.8) is 0 Å². The second-order valence-corrected chi connectivity index (χ2v) is 14.3. The van der Waals surface area contributed by atoms with Crippen molar-refractivity contribution in [3.8, 4) is 0 Å². The molecule has 53 heavy (non-hydrogen) atoms. The highest BCUT2D eigenvalue weighted by Crippen LogP contribution is 2.43. The highest BCUT2D eigenvalue weighted by atomic mass is 31.2. The van der Waals surface area contributed by atoms with E-state index >= 15 is 0 Å². The largest absolute Gasteiger partial charge is 0.497 e. The third-order valence-electron chi connectivity index (χ3n) is 7.88. The average Bonchev–Trinajstić information content (AvgIpc) is 3.15. The Morgan fingerprint density at radius 1 is 0.509 bits per heavy atom. The van der Waals surface area contributed by atoms with Crippen LogP contribution in [0.3, 0.4) is 0 Å². The van der Waals surface area contributed by atoms with Crippen LogP contribution in [0.25, 0.3) is 0 Å². The Hall–Kier alpha value is -2.93. The van der Waals surface area contributed by atoms with Crippen LogP contribution in [0.4, 0.5) is 0 Å². The first-order valence-electron chi connectivity index (χ1n) is 20.3. The van der Waals surface area contributed by atoms with Crippen LogP contribution in [-0.4, -0.2) is 37.4 Å². The van der Waals surface area contributed by atoms with Crippen LogP contribution in [0.15, 0.2) is 122 Å². The van der Waals surface area contributed by atoms with Gasteiger partial charge in [-0.05, 0) is 37.8 Å². The minimum absolute atomic E-state index is 0.0891. The number of phosphoric acid groups is 1. The van der Waals surface area contributed by atoms with Crippen LogP contribution in [0.5, 0.6) is 0 Å². The maximum Gasteiger partial charge on any atom is 0.472 e. The molecule has 0 fully saturated rings. The lowest BCUT2D eigenvalue weighted by Crippen LogP contribution is -2.23. The summed E-state index contributed by atoms with van der Waals surface area (Å²) in [5.41, 5.74) is 5.35. The molecule has 0 amide bonds. The van der Waals surface area contributed by atoms with E-state index in [1.165, 1.54) is 115 Å². The lowest BCUT2D eigenvalue weighted by atomic mass is 10.1. The van der Waals surface area contributed by atoms with Gasteiger partial charge in [0.2, 0.25) is 0 Å². The van der Waals surface area contributed by atoms with Crippen molar-refractivity contribution in [3.05, 3.63) is 122 Å². The maximum absolute atomic E-state index is 12.1. The third-order valence-corrected chi connectivity index (χ3v) is 8.86. The van der Waals surface area contributed by atoms with Crippen molar-refractivity contribution in [2.75, 3.05) is 26.4 Å². The first-order valence-corrected chi connectivity index (χ1v) is 21.8. The molecule has 0 aliphatic heterocycles. The Kier molecular flexibility index (Phi) is 39.5. The third kappa shape index (κ3) is 41.7. The highest BCUT2D eigenvalue weighted by Gasteiger charge is 2.23. The number of allylic oxidation sites excluding steroid dienone is 18. The van der Waals surface area contributed by atoms with Gasteiger partial charge >= 0.3 is 7.82 Å². The van der Waals surface area contributed by atoms with Gasteiger partial charge in [-0.15, -0.1) is 0 Å². The second-order valence-electron chi connectivity index (χ2n) is 12.8. The van der Waals surface area contributed by atoms with Crippen molar-refractivity contribution in [1.29, 1.82) is 0 Å². The van der Waals surface area contributed by atoms with Gasteiger partial charge in [-0.1, -0.05) is 201 Å². The van der Waals surface area contributed by atoms with E-state index in [4.69, 9.17) is 24.3 Å². The van der Waals surface area contributed by atoms with Gasteiger partial charge in [-0.3, -0.25) is 9.05 Å². The van der Waals surface area contributed by atoms with Crippen LogP contribution in [0.1, 0.15) is 129 Å². The molecule has 300 valence electrons. The molecule has 0 saturated carbocycles. The van der Waals surface area contributed by atoms with E-state index in [1.807, 2.05) is 72.9 Å². The number of unbranched alkanes of at least 4 members (excludes halogenated alkanes) is 16. The van der Waals surface area contributed by atoms with Gasteiger partial charge in [-0.2, -0.15) is 0 Å². The number of phosphoric ester groups is 1. The molecule has 8 heteroatoms. The van der Waals surface area contributed by atoms with Crippen molar-refractivity contribution in [2.24, 2.45) is 5.73 Å². The first-order chi connectivity index (χ1) is 26.1. The molecular formula is C45H74NO6P. The zero-order chi connectivity index (χ0) is 38.6. The zero-order valence-corrected chi connectivity index (χ0v) is 34.1. The van der Waals surface area contributed by atoms with Gasteiger partial charge < -0.3 is 20.1 Å². The molecule has 0 aliphatic rings.